The first-order valence-electron chi connectivity index (χ1n) is 9.09. The van der Waals surface area contributed by atoms with Crippen molar-refractivity contribution in [2.45, 2.75) is 0 Å². The highest BCUT2D eigenvalue weighted by Gasteiger charge is 2.24. The lowest BCUT2D eigenvalue weighted by Gasteiger charge is -2.34. The zero-order valence-corrected chi connectivity index (χ0v) is 17.6. The van der Waals surface area contributed by atoms with Gasteiger partial charge in [0.25, 0.3) is 5.91 Å². The fourth-order valence-corrected chi connectivity index (χ4v) is 4.87. The number of hydrogen-bond acceptors (Lipinski definition) is 6. The van der Waals surface area contributed by atoms with Crippen LogP contribution in [-0.4, -0.2) is 60.0 Å². The van der Waals surface area contributed by atoms with Crippen LogP contribution in [0.2, 0.25) is 5.02 Å². The van der Waals surface area contributed by atoms with E-state index in [1.165, 1.54) is 11.3 Å². The number of carbonyl (C=O) groups excluding carboxylic acids is 1. The van der Waals surface area contributed by atoms with Crippen LogP contribution >= 0.6 is 34.3 Å². The van der Waals surface area contributed by atoms with Gasteiger partial charge in [-0.1, -0.05) is 29.8 Å². The van der Waals surface area contributed by atoms with Crippen molar-refractivity contribution in [2.75, 3.05) is 39.3 Å². The van der Waals surface area contributed by atoms with Crippen molar-refractivity contribution < 1.29 is 9.53 Å². The number of amides is 1. The van der Waals surface area contributed by atoms with E-state index in [0.717, 1.165) is 29.5 Å². The highest BCUT2D eigenvalue weighted by Crippen LogP contribution is 2.28. The average molecular weight is 434 g/mol. The van der Waals surface area contributed by atoms with E-state index in [1.807, 2.05) is 52.1 Å². The summed E-state index contributed by atoms with van der Waals surface area (Å²) in [5.74, 6) is 0.731. The number of piperazine rings is 1. The molecule has 1 fully saturated rings. The Labute approximate surface area is 177 Å². The summed E-state index contributed by atoms with van der Waals surface area (Å²) in [4.78, 5) is 22.6. The van der Waals surface area contributed by atoms with E-state index in [0.29, 0.717) is 36.2 Å². The second kappa shape index (κ2) is 9.05. The largest absolute Gasteiger partial charge is 0.491 e. The second-order valence-electron chi connectivity index (χ2n) is 6.43. The molecule has 1 saturated heterocycles. The maximum absolute atomic E-state index is 12.7. The van der Waals surface area contributed by atoms with Gasteiger partial charge >= 0.3 is 0 Å². The van der Waals surface area contributed by atoms with Crippen molar-refractivity contribution >= 4 is 40.2 Å². The van der Waals surface area contributed by atoms with Crippen LogP contribution in [0.15, 0.2) is 47.2 Å². The van der Waals surface area contributed by atoms with E-state index in [9.17, 15) is 4.79 Å². The molecule has 146 valence electrons. The molecule has 1 aliphatic rings. The molecular weight excluding hydrogens is 414 g/mol. The molecule has 8 heteroatoms. The number of thiophene rings is 1. The molecule has 2 aromatic heterocycles. The quantitative estimate of drug-likeness (QED) is 0.579. The number of carbonyl (C=O) groups is 1. The number of benzene rings is 1. The van der Waals surface area contributed by atoms with Crippen LogP contribution < -0.4 is 4.74 Å². The molecule has 28 heavy (non-hydrogen) atoms. The Hall–Kier alpha value is -1.93. The smallest absolute Gasteiger partial charge is 0.273 e. The third-order valence-corrected chi connectivity index (χ3v) is 6.81. The summed E-state index contributed by atoms with van der Waals surface area (Å²) in [5, 5.41) is 5.42. The van der Waals surface area contributed by atoms with Crippen molar-refractivity contribution in [1.82, 2.24) is 14.8 Å². The lowest BCUT2D eigenvalue weighted by molar-refractivity contribution is 0.0615. The van der Waals surface area contributed by atoms with Crippen LogP contribution in [0, 0.1) is 0 Å². The van der Waals surface area contributed by atoms with Crippen LogP contribution in [0.4, 0.5) is 0 Å². The van der Waals surface area contributed by atoms with E-state index in [2.05, 4.69) is 9.88 Å². The van der Waals surface area contributed by atoms with Crippen LogP contribution in [0.3, 0.4) is 0 Å². The first-order valence-corrected chi connectivity index (χ1v) is 11.2. The fourth-order valence-electron chi connectivity index (χ4n) is 3.07. The van der Waals surface area contributed by atoms with E-state index in [1.54, 1.807) is 11.3 Å². The summed E-state index contributed by atoms with van der Waals surface area (Å²) < 4.78 is 5.76. The standard InChI is InChI=1S/C20H20ClN3O2S2/c21-15-4-1-2-5-17(15)26-12-11-23-7-9-24(10-8-23)20(25)16-14-28-19(22-16)18-6-3-13-27-18/h1-6,13-14H,7-12H2. The number of halogens is 1. The Kier molecular flexibility index (Phi) is 6.26. The molecule has 5 nitrogen and oxygen atoms in total. The molecule has 0 unspecified atom stereocenters. The summed E-state index contributed by atoms with van der Waals surface area (Å²) in [5.41, 5.74) is 0.545. The Morgan fingerprint density at radius 1 is 1.11 bits per heavy atom. The maximum Gasteiger partial charge on any atom is 0.273 e. The minimum Gasteiger partial charge on any atom is -0.491 e. The minimum absolute atomic E-state index is 0.0195. The molecule has 3 aromatic rings. The number of aromatic nitrogens is 1. The van der Waals surface area contributed by atoms with E-state index in [4.69, 9.17) is 16.3 Å². The van der Waals surface area contributed by atoms with Gasteiger partial charge < -0.3 is 9.64 Å². The van der Waals surface area contributed by atoms with Gasteiger partial charge in [-0.3, -0.25) is 9.69 Å². The number of para-hydroxylation sites is 1. The minimum atomic E-state index is 0.0195. The number of nitrogens with zero attached hydrogens (tertiary/aromatic N) is 3. The van der Waals surface area contributed by atoms with Gasteiger partial charge in [0.15, 0.2) is 0 Å². The zero-order chi connectivity index (χ0) is 19.3. The zero-order valence-electron chi connectivity index (χ0n) is 15.2. The molecule has 1 aliphatic heterocycles. The normalized spacial score (nSPS) is 15.0. The average Bonchev–Trinajstić information content (AvgIpc) is 3.41. The van der Waals surface area contributed by atoms with Crippen molar-refractivity contribution in [3.63, 3.8) is 0 Å². The third kappa shape index (κ3) is 4.55. The number of ether oxygens (including phenoxy) is 1. The number of rotatable bonds is 6. The molecule has 4 rings (SSSR count). The predicted octanol–water partition coefficient (Wildman–Crippen LogP) is 4.36. The van der Waals surface area contributed by atoms with Gasteiger partial charge in [0, 0.05) is 38.1 Å². The SMILES string of the molecule is O=C(c1csc(-c2cccs2)n1)N1CCN(CCOc2ccccc2Cl)CC1. The monoisotopic (exact) mass is 433 g/mol. The fraction of sp³-hybridized carbons (Fsp3) is 0.300. The topological polar surface area (TPSA) is 45.7 Å². The summed E-state index contributed by atoms with van der Waals surface area (Å²) in [7, 11) is 0. The van der Waals surface area contributed by atoms with E-state index < -0.39 is 0 Å². The molecule has 0 N–H and O–H groups in total. The molecule has 0 saturated carbocycles. The summed E-state index contributed by atoms with van der Waals surface area (Å²) >= 11 is 9.27. The lowest BCUT2D eigenvalue weighted by Crippen LogP contribution is -2.49. The van der Waals surface area contributed by atoms with Crippen LogP contribution in [0.5, 0.6) is 5.75 Å². The Morgan fingerprint density at radius 2 is 1.93 bits per heavy atom. The van der Waals surface area contributed by atoms with Crippen LogP contribution in [-0.2, 0) is 0 Å². The molecule has 0 bridgehead atoms. The Morgan fingerprint density at radius 3 is 2.68 bits per heavy atom. The molecular formula is C20H20ClN3O2S2. The van der Waals surface area contributed by atoms with Crippen LogP contribution in [0.25, 0.3) is 9.88 Å². The molecule has 1 aromatic carbocycles. The molecule has 0 aliphatic carbocycles. The highest BCUT2D eigenvalue weighted by atomic mass is 35.5. The Balaban J connectivity index is 1.25. The Bertz CT molecular complexity index is 921. The molecule has 3 heterocycles. The van der Waals surface area contributed by atoms with Crippen molar-refractivity contribution in [2.24, 2.45) is 0 Å². The van der Waals surface area contributed by atoms with Crippen molar-refractivity contribution in [3.8, 4) is 15.6 Å². The van der Waals surface area contributed by atoms with Gasteiger partial charge in [0.05, 0.1) is 9.90 Å². The third-order valence-electron chi connectivity index (χ3n) is 4.62. The summed E-state index contributed by atoms with van der Waals surface area (Å²) in [6.07, 6.45) is 0. The predicted molar refractivity (Wildman–Crippen MR) is 115 cm³/mol. The number of hydrogen-bond donors (Lipinski definition) is 0. The van der Waals surface area contributed by atoms with Gasteiger partial charge in [-0.15, -0.1) is 22.7 Å². The van der Waals surface area contributed by atoms with Crippen molar-refractivity contribution in [3.05, 3.63) is 57.9 Å². The van der Waals surface area contributed by atoms with Gasteiger partial charge in [0.1, 0.15) is 23.1 Å². The van der Waals surface area contributed by atoms with E-state index >= 15 is 0 Å². The molecule has 1 amide bonds. The lowest BCUT2D eigenvalue weighted by atomic mass is 10.3. The number of thiazole rings is 1. The van der Waals surface area contributed by atoms with E-state index in [-0.39, 0.29) is 5.91 Å². The van der Waals surface area contributed by atoms with Gasteiger partial charge in [0.2, 0.25) is 0 Å². The van der Waals surface area contributed by atoms with Gasteiger partial charge in [-0.25, -0.2) is 4.98 Å². The molecule has 0 radical (unpaired) electrons. The first-order chi connectivity index (χ1) is 13.7. The highest BCUT2D eigenvalue weighted by molar-refractivity contribution is 7.20. The van der Waals surface area contributed by atoms with Gasteiger partial charge in [-0.05, 0) is 23.6 Å². The molecule has 0 spiro atoms. The maximum atomic E-state index is 12.7. The summed E-state index contributed by atoms with van der Waals surface area (Å²) in [6.45, 7) is 4.47. The van der Waals surface area contributed by atoms with Crippen LogP contribution in [0.1, 0.15) is 10.5 Å². The van der Waals surface area contributed by atoms with Gasteiger partial charge in [-0.2, -0.15) is 0 Å². The first kappa shape index (κ1) is 19.4. The van der Waals surface area contributed by atoms with Crippen molar-refractivity contribution in [1.29, 1.82) is 0 Å². The summed E-state index contributed by atoms with van der Waals surface area (Å²) in [6, 6.07) is 11.5. The molecule has 0 atom stereocenters. The second-order valence-corrected chi connectivity index (χ2v) is 8.64.